The number of ether oxygens (including phenoxy) is 4. The standard InChI is InChI=1S/C79H116N10O17S2/c1-17-51(9)68(63(104-15)43-64(90)89-40-22-26-62(89)71(105-16)52(10)72(93)82-53(11)69(91)55-23-19-18-20-24-55)87(12)77(98)66(48(4)5)86-76(97)67(49(6)7)88(13)79(100)106-44-54-29-35-59(36-30-54)83-74(95)61(25-21-39-81-78(80)99)84-75(96)65(47(2)3)85-73(94)57-33-31-56(32-34-57)70(92)58(45-107-42-41-103-14)46-108(101,102)60-37-27-50(8)28-38-60/h18-20,23-24,27-38,47-49,51-53,58,61-63,65-69,71,91H,17,21-22,25-26,39-46H2,1-16H3,(H,82,93)(H,83,95)(H,84,96)(H,85,94)(H,86,97)(H3,80,81,99)/t51-,52+,53-,58?,61-,62-,63-,65-,66-,67-,68?,69-,71+/m1/s1. The minimum atomic E-state index is -3.86. The molecule has 13 atom stereocenters. The van der Waals surface area contributed by atoms with Crippen molar-refractivity contribution in [3.05, 3.63) is 131 Å². The fourth-order valence-corrected chi connectivity index (χ4v) is 16.1. The third kappa shape index (κ3) is 26.1. The second-order valence-electron chi connectivity index (χ2n) is 29.0. The summed E-state index contributed by atoms with van der Waals surface area (Å²) in [4.78, 5) is 144. The number of anilines is 1. The number of aliphatic hydroxyl groups is 1. The maximum Gasteiger partial charge on any atom is 0.410 e. The van der Waals surface area contributed by atoms with E-state index in [1.54, 1.807) is 128 Å². The number of rotatable bonds is 43. The van der Waals surface area contributed by atoms with Gasteiger partial charge >= 0.3 is 12.1 Å². The molecule has 10 amide bonds. The number of hydrogen-bond acceptors (Lipinski definition) is 18. The van der Waals surface area contributed by atoms with Crippen molar-refractivity contribution in [2.45, 2.75) is 187 Å². The highest BCUT2D eigenvalue weighted by atomic mass is 32.2. The molecule has 1 fully saturated rings. The molecule has 1 aliphatic rings. The average Bonchev–Trinajstić information content (AvgIpc) is 1.63. The van der Waals surface area contributed by atoms with Crippen LogP contribution in [0.15, 0.2) is 108 Å². The fourth-order valence-electron chi connectivity index (χ4n) is 13.4. The number of nitrogens with two attached hydrogens (primary N) is 1. The van der Waals surface area contributed by atoms with Gasteiger partial charge in [0.25, 0.3) is 5.91 Å². The number of primary amides is 1. The van der Waals surface area contributed by atoms with Gasteiger partial charge in [-0.15, -0.1) is 0 Å². The first-order valence-electron chi connectivity index (χ1n) is 37.0. The van der Waals surface area contributed by atoms with E-state index in [2.05, 4.69) is 31.9 Å². The molecule has 1 heterocycles. The second kappa shape index (κ2) is 43.6. The van der Waals surface area contributed by atoms with Crippen LogP contribution in [0.3, 0.4) is 0 Å². The van der Waals surface area contributed by atoms with E-state index in [0.29, 0.717) is 55.0 Å². The summed E-state index contributed by atoms with van der Waals surface area (Å²) in [5.41, 5.74) is 7.93. The van der Waals surface area contributed by atoms with E-state index in [9.17, 15) is 61.5 Å². The van der Waals surface area contributed by atoms with E-state index in [1.165, 1.54) is 69.4 Å². The number of amides is 10. The zero-order chi connectivity index (χ0) is 80.3. The monoisotopic (exact) mass is 1540 g/mol. The van der Waals surface area contributed by atoms with Crippen LogP contribution in [-0.4, -0.2) is 214 Å². The first-order chi connectivity index (χ1) is 51.1. The summed E-state index contributed by atoms with van der Waals surface area (Å²) < 4.78 is 50.0. The highest BCUT2D eigenvalue weighted by molar-refractivity contribution is 7.99. The molecule has 4 aromatic carbocycles. The van der Waals surface area contributed by atoms with Gasteiger partial charge in [0.15, 0.2) is 15.6 Å². The van der Waals surface area contributed by atoms with E-state index in [-0.39, 0.29) is 71.9 Å². The molecule has 596 valence electrons. The van der Waals surface area contributed by atoms with Crippen molar-refractivity contribution in [3.8, 4) is 0 Å². The number of urea groups is 1. The molecule has 0 aromatic heterocycles. The van der Waals surface area contributed by atoms with Crippen LogP contribution in [0.5, 0.6) is 0 Å². The number of hydrogen-bond donors (Lipinski definition) is 8. The van der Waals surface area contributed by atoms with Crippen molar-refractivity contribution in [1.29, 1.82) is 0 Å². The Morgan fingerprint density at radius 2 is 1.34 bits per heavy atom. The Morgan fingerprint density at radius 3 is 1.92 bits per heavy atom. The van der Waals surface area contributed by atoms with Crippen molar-refractivity contribution >= 4 is 86.5 Å². The maximum atomic E-state index is 14.9. The van der Waals surface area contributed by atoms with Gasteiger partial charge in [-0.25, -0.2) is 18.0 Å². The summed E-state index contributed by atoms with van der Waals surface area (Å²) >= 11 is 1.39. The predicted molar refractivity (Wildman–Crippen MR) is 415 cm³/mol. The highest BCUT2D eigenvalue weighted by Crippen LogP contribution is 2.31. The summed E-state index contributed by atoms with van der Waals surface area (Å²) in [5, 5.41) is 27.6. The maximum absolute atomic E-state index is 14.9. The SMILES string of the molecule is CC[C@@H](C)C([C@@H](CC(=O)N1CCC[C@@H]1[C@@H](OC)[C@H](C)C(=O)N[C@H](C)[C@@H](O)c1ccccc1)OC)N(C)C(=O)[C@H](NC(=O)[C@@H](C(C)C)N(C)C(=O)OCc1ccc(NC(=O)[C@@H](CCCNC(N)=O)NC(=O)[C@H](NC(=O)c2ccc(C(=O)C(CSCCOC)CS(=O)(=O)c3ccc(C)cc3)cc2)C(C)C)cc1)C(C)C. The van der Waals surface area contributed by atoms with Gasteiger partial charge in [-0.1, -0.05) is 141 Å². The van der Waals surface area contributed by atoms with Gasteiger partial charge in [0.05, 0.1) is 66.0 Å². The van der Waals surface area contributed by atoms with Crippen LogP contribution in [0.1, 0.15) is 151 Å². The lowest BCUT2D eigenvalue weighted by atomic mass is 9.89. The van der Waals surface area contributed by atoms with Crippen molar-refractivity contribution in [1.82, 2.24) is 41.3 Å². The Hall–Kier alpha value is -8.48. The van der Waals surface area contributed by atoms with E-state index in [4.69, 9.17) is 24.7 Å². The number of likely N-dealkylation sites (tertiary alicyclic amines) is 1. The first-order valence-corrected chi connectivity index (χ1v) is 39.8. The van der Waals surface area contributed by atoms with Crippen molar-refractivity contribution in [3.63, 3.8) is 0 Å². The first kappa shape index (κ1) is 90.1. The number of thioether (sulfide) groups is 1. The lowest BCUT2D eigenvalue weighted by Crippen LogP contribution is -2.60. The van der Waals surface area contributed by atoms with E-state index >= 15 is 0 Å². The number of aryl methyl sites for hydroxylation is 1. The van der Waals surface area contributed by atoms with Crippen LogP contribution >= 0.6 is 11.8 Å². The lowest BCUT2D eigenvalue weighted by Gasteiger charge is -2.41. The fraction of sp³-hybridized carbons (Fsp3) is 0.570. The van der Waals surface area contributed by atoms with Gasteiger partial charge in [-0.2, -0.15) is 11.8 Å². The largest absolute Gasteiger partial charge is 0.445 e. The van der Waals surface area contributed by atoms with Crippen LogP contribution in [0.4, 0.5) is 15.3 Å². The third-order valence-electron chi connectivity index (χ3n) is 19.9. The Kier molecular flexibility index (Phi) is 36.4. The third-order valence-corrected chi connectivity index (χ3v) is 22.8. The number of benzene rings is 4. The number of likely N-dealkylation sites (N-methyl/N-ethyl adjacent to an activating group) is 2. The summed E-state index contributed by atoms with van der Waals surface area (Å²) in [5.74, 6) is -6.95. The van der Waals surface area contributed by atoms with Gasteiger partial charge in [0.2, 0.25) is 35.4 Å². The molecular weight excluding hydrogens is 1430 g/mol. The number of Topliss-reactive ketones (excluding diaryl/α,β-unsaturated/α-hetero) is 1. The molecular formula is C79H116N10O17S2. The summed E-state index contributed by atoms with van der Waals surface area (Å²) in [6.07, 6.45) is -1.27. The summed E-state index contributed by atoms with van der Waals surface area (Å²) in [6, 6.07) is 20.4. The van der Waals surface area contributed by atoms with Gasteiger partial charge in [0, 0.05) is 82.8 Å². The smallest absolute Gasteiger partial charge is 0.410 e. The number of sulfone groups is 1. The Morgan fingerprint density at radius 1 is 0.713 bits per heavy atom. The molecule has 2 unspecified atom stereocenters. The van der Waals surface area contributed by atoms with Crippen LogP contribution in [-0.2, 0) is 64.2 Å². The zero-order valence-electron chi connectivity index (χ0n) is 65.5. The van der Waals surface area contributed by atoms with E-state index in [0.717, 1.165) is 10.5 Å². The number of nitrogens with zero attached hydrogens (tertiary/aromatic N) is 3. The highest BCUT2D eigenvalue weighted by Gasteiger charge is 2.44. The molecule has 1 saturated heterocycles. The van der Waals surface area contributed by atoms with Crippen LogP contribution in [0.25, 0.3) is 0 Å². The second-order valence-corrected chi connectivity index (χ2v) is 32.2. The molecule has 29 heteroatoms. The lowest BCUT2D eigenvalue weighted by molar-refractivity contribution is -0.148. The number of carbonyl (C=O) groups is 10. The normalized spacial score (nSPS) is 16.4. The van der Waals surface area contributed by atoms with Crippen molar-refractivity contribution in [2.75, 3.05) is 77.7 Å². The molecule has 0 saturated carbocycles. The van der Waals surface area contributed by atoms with E-state index < -0.39 is 153 Å². The minimum Gasteiger partial charge on any atom is -0.445 e. The molecule has 5 rings (SSSR count). The molecule has 0 bridgehead atoms. The Balaban J connectivity index is 1.21. The molecule has 1 aliphatic heterocycles. The van der Waals surface area contributed by atoms with E-state index in [1.807, 2.05) is 39.0 Å². The number of methoxy groups -OCH3 is 3. The minimum absolute atomic E-state index is 0.0247. The van der Waals surface area contributed by atoms with Crippen molar-refractivity contribution < 1.29 is 80.4 Å². The Labute approximate surface area is 641 Å². The molecule has 0 radical (unpaired) electrons. The molecule has 4 aromatic rings. The molecule has 27 nitrogen and oxygen atoms in total. The topological polar surface area (TPSA) is 370 Å². The van der Waals surface area contributed by atoms with Gasteiger partial charge in [-0.3, -0.25) is 43.3 Å². The molecule has 0 spiro atoms. The summed E-state index contributed by atoms with van der Waals surface area (Å²) in [6.45, 7) is 20.4. The van der Waals surface area contributed by atoms with Crippen molar-refractivity contribution in [2.24, 2.45) is 41.2 Å². The number of ketones is 1. The van der Waals surface area contributed by atoms with Gasteiger partial charge in [-0.05, 0) is 111 Å². The molecule has 9 N–H and O–H groups in total. The Bertz CT molecular complexity index is 3720. The van der Waals surface area contributed by atoms with Gasteiger partial charge in [0.1, 0.15) is 30.8 Å². The average molecular weight is 1540 g/mol. The summed E-state index contributed by atoms with van der Waals surface area (Å²) in [7, 11) is 3.75. The number of nitrogens with one attached hydrogen (secondary N) is 6. The van der Waals surface area contributed by atoms with Gasteiger partial charge < -0.3 is 71.5 Å². The predicted octanol–water partition coefficient (Wildman–Crippen LogP) is 7.87. The zero-order valence-corrected chi connectivity index (χ0v) is 67.1. The van der Waals surface area contributed by atoms with Crippen LogP contribution in [0, 0.1) is 42.4 Å². The number of carbonyl (C=O) groups excluding carboxylic acids is 10. The van der Waals surface area contributed by atoms with Crippen LogP contribution in [0.2, 0.25) is 0 Å². The molecule has 0 aliphatic carbocycles. The number of aliphatic hydroxyl groups excluding tert-OH is 1. The van der Waals surface area contributed by atoms with Crippen LogP contribution < -0.4 is 37.6 Å². The quantitative estimate of drug-likeness (QED) is 0.0154. The molecule has 108 heavy (non-hydrogen) atoms.